The van der Waals surface area contributed by atoms with Gasteiger partial charge in [0.2, 0.25) is 0 Å². The molecule has 0 radical (unpaired) electrons. The second-order valence-electron chi connectivity index (χ2n) is 6.95. The van der Waals surface area contributed by atoms with Crippen LogP contribution in [0.25, 0.3) is 44.0 Å². The normalized spacial score (nSPS) is 11.9. The van der Waals surface area contributed by atoms with Gasteiger partial charge in [-0.15, -0.1) is 0 Å². The van der Waals surface area contributed by atoms with E-state index in [9.17, 15) is 0 Å². The van der Waals surface area contributed by atoms with E-state index in [2.05, 4.69) is 22.1 Å². The fourth-order valence-electron chi connectivity index (χ4n) is 3.90. The molecule has 5 heteroatoms. The number of hydrogen-bond acceptors (Lipinski definition) is 5. The molecule has 2 aromatic carbocycles. The van der Waals surface area contributed by atoms with Gasteiger partial charge in [0.1, 0.15) is 23.0 Å². The minimum atomic E-state index is 0.565. The van der Waals surface area contributed by atoms with Crippen LogP contribution in [-0.2, 0) is 6.42 Å². The molecule has 0 unspecified atom stereocenters. The van der Waals surface area contributed by atoms with E-state index < -0.39 is 0 Å². The van der Waals surface area contributed by atoms with Gasteiger partial charge in [-0.05, 0) is 31.2 Å². The lowest BCUT2D eigenvalue weighted by Gasteiger charge is -2.03. The van der Waals surface area contributed by atoms with E-state index >= 15 is 0 Å². The van der Waals surface area contributed by atoms with Crippen LogP contribution in [0.4, 0.5) is 0 Å². The third kappa shape index (κ3) is 2.16. The van der Waals surface area contributed by atoms with Crippen LogP contribution in [0.5, 0.6) is 0 Å². The van der Waals surface area contributed by atoms with Crippen molar-refractivity contribution >= 4 is 44.0 Å². The van der Waals surface area contributed by atoms with Gasteiger partial charge in [-0.25, -0.2) is 9.97 Å². The van der Waals surface area contributed by atoms with Crippen molar-refractivity contribution in [2.45, 2.75) is 13.3 Å². The average molecular weight is 365 g/mol. The number of furan rings is 2. The van der Waals surface area contributed by atoms with Crippen molar-refractivity contribution in [2.75, 3.05) is 0 Å². The zero-order chi connectivity index (χ0) is 18.7. The monoisotopic (exact) mass is 365 g/mol. The Labute approximate surface area is 159 Å². The highest BCUT2D eigenvalue weighted by molar-refractivity contribution is 6.06. The predicted molar refractivity (Wildman–Crippen MR) is 108 cm³/mol. The molecule has 6 aromatic rings. The minimum absolute atomic E-state index is 0.565. The van der Waals surface area contributed by atoms with Crippen LogP contribution in [0.15, 0.2) is 69.8 Å². The maximum Gasteiger partial charge on any atom is 0.175 e. The standard InChI is InChI=1S/C23H15N3O2/c1-13-22-17(15-6-2-4-8-19(15)27-22)10-14(26-13)11-18-23-21(25-12-24-18)16-7-3-5-9-20(16)28-23/h2-10,12H,11H2,1H3. The molecule has 0 saturated heterocycles. The van der Waals surface area contributed by atoms with E-state index in [1.165, 1.54) is 0 Å². The molecule has 0 atom stereocenters. The molecule has 28 heavy (non-hydrogen) atoms. The van der Waals surface area contributed by atoms with E-state index in [0.717, 1.165) is 61.1 Å². The predicted octanol–water partition coefficient (Wildman–Crippen LogP) is 5.57. The molecule has 0 bridgehead atoms. The highest BCUT2D eigenvalue weighted by atomic mass is 16.3. The van der Waals surface area contributed by atoms with Gasteiger partial charge >= 0.3 is 0 Å². The van der Waals surface area contributed by atoms with E-state index in [0.29, 0.717) is 6.42 Å². The van der Waals surface area contributed by atoms with Crippen molar-refractivity contribution in [3.63, 3.8) is 0 Å². The largest absolute Gasteiger partial charge is 0.454 e. The summed E-state index contributed by atoms with van der Waals surface area (Å²) in [5, 5.41) is 3.18. The molecule has 5 nitrogen and oxygen atoms in total. The zero-order valence-corrected chi connectivity index (χ0v) is 15.1. The summed E-state index contributed by atoms with van der Waals surface area (Å²) in [4.78, 5) is 13.7. The highest BCUT2D eigenvalue weighted by Gasteiger charge is 2.16. The maximum atomic E-state index is 6.06. The van der Waals surface area contributed by atoms with Gasteiger partial charge in [0.05, 0.1) is 11.4 Å². The fourth-order valence-corrected chi connectivity index (χ4v) is 3.90. The minimum Gasteiger partial charge on any atom is -0.454 e. The Hall–Kier alpha value is -3.73. The summed E-state index contributed by atoms with van der Waals surface area (Å²) >= 11 is 0. The molecular formula is C23H15N3O2. The highest BCUT2D eigenvalue weighted by Crippen LogP contribution is 2.32. The number of rotatable bonds is 2. The summed E-state index contributed by atoms with van der Waals surface area (Å²) < 4.78 is 12.0. The maximum absolute atomic E-state index is 6.06. The fraction of sp³-hybridized carbons (Fsp3) is 0.0870. The first-order valence-electron chi connectivity index (χ1n) is 9.17. The van der Waals surface area contributed by atoms with E-state index in [1.54, 1.807) is 6.33 Å². The smallest absolute Gasteiger partial charge is 0.175 e. The van der Waals surface area contributed by atoms with Gasteiger partial charge in [0.25, 0.3) is 0 Å². The lowest BCUT2D eigenvalue weighted by Crippen LogP contribution is -1.98. The molecule has 0 aliphatic carbocycles. The molecule has 0 amide bonds. The van der Waals surface area contributed by atoms with Crippen LogP contribution >= 0.6 is 0 Å². The summed E-state index contributed by atoms with van der Waals surface area (Å²) in [6, 6.07) is 18.1. The topological polar surface area (TPSA) is 65.0 Å². The van der Waals surface area contributed by atoms with Crippen molar-refractivity contribution in [1.29, 1.82) is 0 Å². The number of fused-ring (bicyclic) bond motifs is 6. The Morgan fingerprint density at radius 2 is 1.50 bits per heavy atom. The van der Waals surface area contributed by atoms with Gasteiger partial charge < -0.3 is 8.83 Å². The van der Waals surface area contributed by atoms with Gasteiger partial charge in [0.15, 0.2) is 11.2 Å². The third-order valence-corrected chi connectivity index (χ3v) is 5.17. The molecule has 0 aliphatic rings. The van der Waals surface area contributed by atoms with Crippen LogP contribution in [-0.4, -0.2) is 15.0 Å². The second-order valence-corrected chi connectivity index (χ2v) is 6.95. The Morgan fingerprint density at radius 1 is 0.786 bits per heavy atom. The van der Waals surface area contributed by atoms with Gasteiger partial charge in [-0.2, -0.15) is 0 Å². The second kappa shape index (κ2) is 5.63. The molecule has 134 valence electrons. The molecular weight excluding hydrogens is 350 g/mol. The summed E-state index contributed by atoms with van der Waals surface area (Å²) in [7, 11) is 0. The van der Waals surface area contributed by atoms with Crippen molar-refractivity contribution in [3.8, 4) is 0 Å². The van der Waals surface area contributed by atoms with E-state index in [-0.39, 0.29) is 0 Å². The summed E-state index contributed by atoms with van der Waals surface area (Å²) in [6.45, 7) is 1.98. The molecule has 0 saturated carbocycles. The van der Waals surface area contributed by atoms with Crippen LogP contribution in [0, 0.1) is 6.92 Å². The quantitative estimate of drug-likeness (QED) is 0.401. The van der Waals surface area contributed by atoms with Crippen LogP contribution < -0.4 is 0 Å². The van der Waals surface area contributed by atoms with Gasteiger partial charge in [-0.1, -0.05) is 30.3 Å². The Kier molecular flexibility index (Phi) is 3.09. The number of hydrogen-bond donors (Lipinski definition) is 0. The first-order valence-corrected chi connectivity index (χ1v) is 9.17. The number of aromatic nitrogens is 3. The summed E-state index contributed by atoms with van der Waals surface area (Å²) in [5.41, 5.74) is 6.73. The molecule has 0 aliphatic heterocycles. The SMILES string of the molecule is Cc1nc(Cc2ncnc3c2oc2ccccc23)cc2c1oc1ccccc12. The lowest BCUT2D eigenvalue weighted by atomic mass is 10.1. The molecule has 6 rings (SSSR count). The Balaban J connectivity index is 1.54. The number of pyridine rings is 1. The summed E-state index contributed by atoms with van der Waals surface area (Å²) in [5.74, 6) is 0. The first kappa shape index (κ1) is 15.3. The molecule has 4 heterocycles. The Bertz CT molecular complexity index is 1510. The van der Waals surface area contributed by atoms with Gasteiger partial charge in [0, 0.05) is 28.3 Å². The molecule has 4 aromatic heterocycles. The van der Waals surface area contributed by atoms with Gasteiger partial charge in [-0.3, -0.25) is 4.98 Å². The average Bonchev–Trinajstić information content (AvgIpc) is 3.28. The third-order valence-electron chi connectivity index (χ3n) is 5.17. The lowest BCUT2D eigenvalue weighted by molar-refractivity contribution is 0.657. The first-order chi connectivity index (χ1) is 13.8. The van der Waals surface area contributed by atoms with Crippen molar-refractivity contribution < 1.29 is 8.83 Å². The number of benzene rings is 2. The van der Waals surface area contributed by atoms with Crippen molar-refractivity contribution in [2.24, 2.45) is 0 Å². The van der Waals surface area contributed by atoms with E-state index in [4.69, 9.17) is 13.8 Å². The summed E-state index contributed by atoms with van der Waals surface area (Å²) in [6.07, 6.45) is 2.16. The number of aryl methyl sites for hydroxylation is 1. The number of para-hydroxylation sites is 2. The van der Waals surface area contributed by atoms with Crippen molar-refractivity contribution in [1.82, 2.24) is 15.0 Å². The Morgan fingerprint density at radius 3 is 2.36 bits per heavy atom. The van der Waals surface area contributed by atoms with Crippen LogP contribution in [0.1, 0.15) is 17.1 Å². The molecule has 0 N–H and O–H groups in total. The molecule has 0 spiro atoms. The molecule has 0 fully saturated rings. The number of nitrogens with zero attached hydrogens (tertiary/aromatic N) is 3. The van der Waals surface area contributed by atoms with Crippen LogP contribution in [0.3, 0.4) is 0 Å². The van der Waals surface area contributed by atoms with E-state index in [1.807, 2.05) is 49.4 Å². The van der Waals surface area contributed by atoms with Crippen molar-refractivity contribution in [3.05, 3.63) is 78.0 Å². The van der Waals surface area contributed by atoms with Crippen LogP contribution in [0.2, 0.25) is 0 Å². The zero-order valence-electron chi connectivity index (χ0n) is 15.1.